The lowest BCUT2D eigenvalue weighted by atomic mass is 10.1. The first kappa shape index (κ1) is 26.1. The highest BCUT2D eigenvalue weighted by atomic mass is 28.4. The SMILES string of the molecule is CC(C)O[Si](CCCCCCc1cc(F)c(F)c(F)c1F)(OC(C)C)OC(C)C. The largest absolute Gasteiger partial charge is 0.501 e. The summed E-state index contributed by atoms with van der Waals surface area (Å²) in [6, 6.07) is 1.39. The molecule has 29 heavy (non-hydrogen) atoms. The highest BCUT2D eigenvalue weighted by molar-refractivity contribution is 6.60. The number of unbranched alkanes of at least 4 members (excludes halogenated alkanes) is 3. The Morgan fingerprint density at radius 3 is 1.66 bits per heavy atom. The van der Waals surface area contributed by atoms with E-state index < -0.39 is 32.1 Å². The second-order valence-corrected chi connectivity index (χ2v) is 10.6. The second-order valence-electron chi connectivity index (χ2n) is 8.06. The second kappa shape index (κ2) is 12.0. The van der Waals surface area contributed by atoms with Crippen molar-refractivity contribution in [2.24, 2.45) is 0 Å². The number of benzene rings is 1. The van der Waals surface area contributed by atoms with Crippen LogP contribution in [0.5, 0.6) is 0 Å². The first-order valence-corrected chi connectivity index (χ1v) is 12.3. The van der Waals surface area contributed by atoms with E-state index in [0.717, 1.165) is 25.3 Å². The van der Waals surface area contributed by atoms with Gasteiger partial charge in [0.15, 0.2) is 23.3 Å². The van der Waals surface area contributed by atoms with Crippen molar-refractivity contribution in [2.45, 2.75) is 98.0 Å². The normalized spacial score (nSPS) is 12.6. The number of aryl methyl sites for hydroxylation is 1. The monoisotopic (exact) mass is 438 g/mol. The molecule has 0 aliphatic rings. The Hall–Kier alpha value is -0.963. The minimum absolute atomic E-state index is 0.0228. The number of hydrogen-bond acceptors (Lipinski definition) is 3. The van der Waals surface area contributed by atoms with Gasteiger partial charge in [0.05, 0.1) is 0 Å². The zero-order chi connectivity index (χ0) is 22.2. The van der Waals surface area contributed by atoms with E-state index in [1.54, 1.807) is 0 Å². The maximum absolute atomic E-state index is 13.7. The molecular weight excluding hydrogens is 404 g/mol. The van der Waals surface area contributed by atoms with Gasteiger partial charge in [0, 0.05) is 24.4 Å². The van der Waals surface area contributed by atoms with E-state index in [2.05, 4.69) is 0 Å². The van der Waals surface area contributed by atoms with Crippen molar-refractivity contribution in [1.82, 2.24) is 0 Å². The molecule has 1 aromatic rings. The molecule has 0 radical (unpaired) electrons. The van der Waals surface area contributed by atoms with Crippen LogP contribution in [0.1, 0.15) is 72.8 Å². The molecule has 8 heteroatoms. The number of hydrogen-bond donors (Lipinski definition) is 0. The molecule has 0 fully saturated rings. The zero-order valence-corrected chi connectivity index (χ0v) is 19.3. The molecule has 0 bridgehead atoms. The highest BCUT2D eigenvalue weighted by Gasteiger charge is 2.43. The minimum atomic E-state index is -2.84. The topological polar surface area (TPSA) is 27.7 Å². The van der Waals surface area contributed by atoms with Crippen LogP contribution >= 0.6 is 0 Å². The Kier molecular flexibility index (Phi) is 10.8. The van der Waals surface area contributed by atoms with Crippen LogP contribution in [0.25, 0.3) is 0 Å². The summed E-state index contributed by atoms with van der Waals surface area (Å²) >= 11 is 0. The van der Waals surface area contributed by atoms with Gasteiger partial charge >= 0.3 is 8.80 Å². The van der Waals surface area contributed by atoms with Gasteiger partial charge < -0.3 is 13.3 Å². The van der Waals surface area contributed by atoms with Gasteiger partial charge in [-0.3, -0.25) is 0 Å². The summed E-state index contributed by atoms with van der Waals surface area (Å²) in [6.45, 7) is 11.7. The van der Waals surface area contributed by atoms with Gasteiger partial charge in [0.1, 0.15) is 0 Å². The number of halogens is 4. The van der Waals surface area contributed by atoms with Crippen LogP contribution in [-0.2, 0) is 19.7 Å². The molecule has 0 unspecified atom stereocenters. The van der Waals surface area contributed by atoms with Crippen molar-refractivity contribution in [2.75, 3.05) is 0 Å². The molecule has 1 rings (SSSR count). The summed E-state index contributed by atoms with van der Waals surface area (Å²) in [5, 5.41) is 0. The quantitative estimate of drug-likeness (QED) is 0.115. The minimum Gasteiger partial charge on any atom is -0.371 e. The van der Waals surface area contributed by atoms with Gasteiger partial charge in [-0.25, -0.2) is 17.6 Å². The third kappa shape index (κ3) is 8.74. The summed E-state index contributed by atoms with van der Waals surface area (Å²) in [5.74, 6) is -6.19. The standard InChI is InChI=1S/C21H34F4O3Si/c1-14(2)26-29(27-15(3)4,28-16(5)6)12-10-8-7-9-11-17-13-18(22)20(24)21(25)19(17)23/h13-16H,7-12H2,1-6H3. The third-order valence-corrected chi connectivity index (χ3v) is 7.56. The molecule has 0 aliphatic heterocycles. The Morgan fingerprint density at radius 2 is 1.17 bits per heavy atom. The van der Waals surface area contributed by atoms with Crippen molar-refractivity contribution in [3.05, 3.63) is 34.9 Å². The molecule has 0 aliphatic carbocycles. The summed E-state index contributed by atoms with van der Waals surface area (Å²) in [4.78, 5) is 0. The van der Waals surface area contributed by atoms with Gasteiger partial charge in [-0.2, -0.15) is 0 Å². The molecule has 0 aromatic heterocycles. The molecule has 168 valence electrons. The zero-order valence-electron chi connectivity index (χ0n) is 18.3. The average Bonchev–Trinajstić information content (AvgIpc) is 2.58. The Labute approximate surface area is 173 Å². The van der Waals surface area contributed by atoms with Crippen LogP contribution in [0.15, 0.2) is 6.07 Å². The smallest absolute Gasteiger partial charge is 0.371 e. The molecule has 0 heterocycles. The molecule has 0 spiro atoms. The predicted octanol–water partition coefficient (Wildman–Crippen LogP) is 6.56. The third-order valence-electron chi connectivity index (χ3n) is 4.10. The van der Waals surface area contributed by atoms with Crippen LogP contribution in [-0.4, -0.2) is 27.1 Å². The fraction of sp³-hybridized carbons (Fsp3) is 0.714. The van der Waals surface area contributed by atoms with E-state index in [9.17, 15) is 17.6 Å². The van der Waals surface area contributed by atoms with Crippen molar-refractivity contribution in [3.8, 4) is 0 Å². The molecule has 0 saturated heterocycles. The van der Waals surface area contributed by atoms with E-state index in [1.807, 2.05) is 41.5 Å². The van der Waals surface area contributed by atoms with E-state index in [0.29, 0.717) is 12.5 Å². The first-order chi connectivity index (χ1) is 13.5. The van der Waals surface area contributed by atoms with E-state index in [1.165, 1.54) is 0 Å². The molecule has 1 aromatic carbocycles. The molecular formula is C21H34F4O3Si. The Morgan fingerprint density at radius 1 is 0.690 bits per heavy atom. The Bertz CT molecular complexity index is 612. The maximum Gasteiger partial charge on any atom is 0.501 e. The lowest BCUT2D eigenvalue weighted by Gasteiger charge is -2.34. The lowest BCUT2D eigenvalue weighted by Crippen LogP contribution is -2.50. The average molecular weight is 439 g/mol. The molecule has 0 N–H and O–H groups in total. The predicted molar refractivity (Wildman–Crippen MR) is 108 cm³/mol. The van der Waals surface area contributed by atoms with Crippen LogP contribution in [0.3, 0.4) is 0 Å². The molecule has 0 atom stereocenters. The molecule has 3 nitrogen and oxygen atoms in total. The van der Waals surface area contributed by atoms with Gasteiger partial charge in [0.2, 0.25) is 0 Å². The van der Waals surface area contributed by atoms with Crippen LogP contribution in [0, 0.1) is 23.3 Å². The highest BCUT2D eigenvalue weighted by Crippen LogP contribution is 2.26. The molecule has 0 saturated carbocycles. The van der Waals surface area contributed by atoms with E-state index >= 15 is 0 Å². The maximum atomic E-state index is 13.7. The van der Waals surface area contributed by atoms with Crippen LogP contribution in [0.2, 0.25) is 6.04 Å². The summed E-state index contributed by atoms with van der Waals surface area (Å²) in [6.07, 6.45) is 2.96. The van der Waals surface area contributed by atoms with E-state index in [4.69, 9.17) is 13.3 Å². The van der Waals surface area contributed by atoms with Gasteiger partial charge in [-0.05, 0) is 72.4 Å². The molecule has 0 amide bonds. The number of rotatable bonds is 13. The van der Waals surface area contributed by atoms with Crippen molar-refractivity contribution in [3.63, 3.8) is 0 Å². The summed E-state index contributed by atoms with van der Waals surface area (Å²) in [5.41, 5.74) is -0.139. The van der Waals surface area contributed by atoms with Crippen molar-refractivity contribution < 1.29 is 30.8 Å². The lowest BCUT2D eigenvalue weighted by molar-refractivity contribution is 0.00278. The summed E-state index contributed by atoms with van der Waals surface area (Å²) < 4.78 is 71.7. The van der Waals surface area contributed by atoms with Crippen LogP contribution in [0.4, 0.5) is 17.6 Å². The van der Waals surface area contributed by atoms with Crippen LogP contribution < -0.4 is 0 Å². The van der Waals surface area contributed by atoms with Crippen molar-refractivity contribution >= 4 is 8.80 Å². The Balaban J connectivity index is 2.58. The first-order valence-electron chi connectivity index (χ1n) is 10.3. The fourth-order valence-electron chi connectivity index (χ4n) is 3.15. The van der Waals surface area contributed by atoms with Gasteiger partial charge in [-0.15, -0.1) is 0 Å². The van der Waals surface area contributed by atoms with Gasteiger partial charge in [-0.1, -0.05) is 12.8 Å². The van der Waals surface area contributed by atoms with Crippen molar-refractivity contribution in [1.29, 1.82) is 0 Å². The van der Waals surface area contributed by atoms with E-state index in [-0.39, 0.29) is 30.3 Å². The summed E-state index contributed by atoms with van der Waals surface area (Å²) in [7, 11) is -2.84. The fourth-order valence-corrected chi connectivity index (χ4v) is 6.51. The van der Waals surface area contributed by atoms with Gasteiger partial charge in [0.25, 0.3) is 0 Å².